The summed E-state index contributed by atoms with van der Waals surface area (Å²) in [7, 11) is 0. The van der Waals surface area contributed by atoms with Crippen molar-refractivity contribution in [3.8, 4) is 44.5 Å². The van der Waals surface area contributed by atoms with Crippen molar-refractivity contribution in [1.82, 2.24) is 0 Å². The maximum atomic E-state index is 18.6. The molecule has 0 aliphatic heterocycles. The molecule has 0 atom stereocenters. The Hall–Kier alpha value is -8.86. The van der Waals surface area contributed by atoms with Crippen LogP contribution in [0.25, 0.3) is 76.8 Å². The maximum Gasteiger partial charge on any atom is 0.155 e. The van der Waals surface area contributed by atoms with Crippen molar-refractivity contribution in [2.24, 2.45) is 0 Å². The normalized spacial score (nSPS) is 13.4. The van der Waals surface area contributed by atoms with Crippen molar-refractivity contribution in [3.63, 3.8) is 0 Å². The number of nitrogens with zero attached hydrogens (tertiary/aromatic N) is 2. The Kier molecular flexibility index (Phi) is 8.68. The lowest BCUT2D eigenvalue weighted by Gasteiger charge is -2.30. The molecule has 72 heavy (non-hydrogen) atoms. The van der Waals surface area contributed by atoms with E-state index in [2.05, 4.69) is 0 Å². The molecule has 12 rings (SSSR count). The van der Waals surface area contributed by atoms with Crippen LogP contribution in [0, 0.1) is 39.3 Å². The molecular weight excluding hydrogens is 883 g/mol. The van der Waals surface area contributed by atoms with Gasteiger partial charge in [-0.2, -0.15) is 0 Å². The molecule has 346 valence electrons. The van der Waals surface area contributed by atoms with Gasteiger partial charge in [0.2, 0.25) is 0 Å². The van der Waals surface area contributed by atoms with Gasteiger partial charge in [-0.25, -0.2) is 8.78 Å². The molecule has 0 aliphatic rings. The summed E-state index contributed by atoms with van der Waals surface area (Å²) in [4.78, 5) is 2.80. The minimum absolute atomic E-state index is 0.0940. The zero-order valence-corrected chi connectivity index (χ0v) is 39.8. The molecule has 0 N–H and O–H groups in total. The van der Waals surface area contributed by atoms with Crippen LogP contribution < -0.4 is 9.80 Å². The third-order valence-corrected chi connectivity index (χ3v) is 13.5. The zero-order valence-electron chi connectivity index (χ0n) is 49.8. The molecular formula is C68H50F2N2. The number of aryl methyl sites for hydroxylation is 4. The van der Waals surface area contributed by atoms with E-state index < -0.39 is 72.1 Å². The number of hydrogen-bond acceptors (Lipinski definition) is 2. The zero-order chi connectivity index (χ0) is 57.7. The lowest BCUT2D eigenvalue weighted by atomic mass is 9.90. The summed E-state index contributed by atoms with van der Waals surface area (Å²) in [5, 5.41) is 3.61. The van der Waals surface area contributed by atoms with Crippen LogP contribution in [0.5, 0.6) is 0 Å². The van der Waals surface area contributed by atoms with E-state index >= 15 is 8.78 Å². The predicted octanol–water partition coefficient (Wildman–Crippen LogP) is 19.7. The molecule has 0 spiro atoms. The van der Waals surface area contributed by atoms with Gasteiger partial charge in [-0.1, -0.05) is 204 Å². The van der Waals surface area contributed by atoms with E-state index in [1.165, 1.54) is 9.80 Å². The molecule has 0 amide bonds. The van der Waals surface area contributed by atoms with Gasteiger partial charge in [-0.3, -0.25) is 0 Å². The second-order valence-electron chi connectivity index (χ2n) is 18.3. The molecule has 0 radical (unpaired) electrons. The van der Waals surface area contributed by atoms with Crippen molar-refractivity contribution in [1.29, 1.82) is 0 Å². The SMILES string of the molecule is [2H]c1c([2H])c([2H])c(N(c2ccc(-c3cccc(C)c3)c(-c3cccc(C)c3)c2F)c2ccc3ccc4c(N(c5ccc(-c6cccc(C)c6)c(-c6cccc(C)c6)c5F)c5c([2H])c([2H])c([2H])c([2H])c5[2H])ccc5ccc2c3c54)c([2H])c1[2H]. The van der Waals surface area contributed by atoms with Gasteiger partial charge in [-0.05, 0) is 131 Å². The van der Waals surface area contributed by atoms with Gasteiger partial charge in [0, 0.05) is 33.3 Å². The quantitative estimate of drug-likeness (QED) is 0.126. The van der Waals surface area contributed by atoms with E-state index in [1.807, 2.05) is 161 Å². The number of anilines is 6. The second kappa shape index (κ2) is 18.1. The summed E-state index contributed by atoms with van der Waals surface area (Å²) in [6.07, 6.45) is 0. The van der Waals surface area contributed by atoms with Crippen molar-refractivity contribution >= 4 is 66.4 Å². The third-order valence-electron chi connectivity index (χ3n) is 13.5. The molecule has 12 aromatic rings. The maximum absolute atomic E-state index is 18.6. The van der Waals surface area contributed by atoms with Crippen LogP contribution in [-0.4, -0.2) is 0 Å². The molecule has 0 saturated carbocycles. The first kappa shape index (κ1) is 34.4. The standard InChI is InChI=1S/C68H50F2N2/c1-43-15-11-19-49(39-43)55-33-37-61(67(69)65(55)51-21-13-17-45(3)41-51)71(53-23-7-5-8-24-53)59-35-29-47-28-32-58-60(36-30-48-27-31-57(59)63(47)64(48)58)72(54-25-9-6-10-26-54)62-38-34-56(50-20-12-16-44(2)40-50)66(68(62)70)52-22-14-18-46(4)42-52/h5-42H,1-4H3/i5D,6D,7D,8D,9D,10D,23D,24D,25D,26D. The first-order valence-corrected chi connectivity index (χ1v) is 23.7. The van der Waals surface area contributed by atoms with Gasteiger partial charge < -0.3 is 9.80 Å². The van der Waals surface area contributed by atoms with Gasteiger partial charge in [0.05, 0.1) is 36.5 Å². The van der Waals surface area contributed by atoms with E-state index in [9.17, 15) is 5.48 Å². The summed E-state index contributed by atoms with van der Waals surface area (Å²) in [5.41, 5.74) is 7.71. The van der Waals surface area contributed by atoms with E-state index in [0.717, 1.165) is 33.4 Å². The minimum Gasteiger partial charge on any atom is -0.307 e. The summed E-state index contributed by atoms with van der Waals surface area (Å²) in [5.74, 6) is -1.42. The molecule has 0 aromatic heterocycles. The number of benzene rings is 12. The predicted molar refractivity (Wildman–Crippen MR) is 300 cm³/mol. The summed E-state index contributed by atoms with van der Waals surface area (Å²) < 4.78 is 128. The summed E-state index contributed by atoms with van der Waals surface area (Å²) in [6.45, 7) is 7.74. The highest BCUT2D eigenvalue weighted by Gasteiger charge is 2.28. The fraction of sp³-hybridized carbons (Fsp3) is 0.0588. The monoisotopic (exact) mass is 942 g/mol. The second-order valence-corrected chi connectivity index (χ2v) is 18.3. The lowest BCUT2D eigenvalue weighted by molar-refractivity contribution is 0.632. The molecule has 0 bridgehead atoms. The van der Waals surface area contributed by atoms with Gasteiger partial charge in [-0.15, -0.1) is 0 Å². The van der Waals surface area contributed by atoms with Crippen molar-refractivity contribution in [2.45, 2.75) is 27.7 Å². The molecule has 0 fully saturated rings. The Balaban J connectivity index is 1.17. The Bertz CT molecular complexity index is 4290. The Morgan fingerprint density at radius 2 is 0.681 bits per heavy atom. The number of halogens is 2. The molecule has 0 heterocycles. The van der Waals surface area contributed by atoms with Gasteiger partial charge in [0.25, 0.3) is 0 Å². The fourth-order valence-corrected chi connectivity index (χ4v) is 10.4. The Morgan fingerprint density at radius 3 is 1.06 bits per heavy atom. The highest BCUT2D eigenvalue weighted by atomic mass is 19.1. The minimum atomic E-state index is -0.709. The van der Waals surface area contributed by atoms with E-state index in [-0.39, 0.29) is 45.3 Å². The Morgan fingerprint density at radius 1 is 0.347 bits per heavy atom. The largest absolute Gasteiger partial charge is 0.307 e. The van der Waals surface area contributed by atoms with Crippen LogP contribution in [0.15, 0.2) is 230 Å². The first-order valence-electron chi connectivity index (χ1n) is 28.7. The average Bonchev–Trinajstić information content (AvgIpc) is 3.66. The molecule has 2 nitrogen and oxygen atoms in total. The molecule has 0 aliphatic carbocycles. The Labute approximate surface area is 433 Å². The van der Waals surface area contributed by atoms with Crippen LogP contribution in [-0.2, 0) is 0 Å². The van der Waals surface area contributed by atoms with Crippen LogP contribution in [0.1, 0.15) is 36.0 Å². The van der Waals surface area contributed by atoms with Crippen LogP contribution in [0.3, 0.4) is 0 Å². The summed E-state index contributed by atoms with van der Waals surface area (Å²) in [6, 6.07) is 45.6. The van der Waals surface area contributed by atoms with E-state index in [4.69, 9.17) is 8.22 Å². The van der Waals surface area contributed by atoms with E-state index in [1.54, 1.807) is 36.4 Å². The van der Waals surface area contributed by atoms with Gasteiger partial charge >= 0.3 is 0 Å². The van der Waals surface area contributed by atoms with Crippen LogP contribution >= 0.6 is 0 Å². The van der Waals surface area contributed by atoms with Gasteiger partial charge in [0.15, 0.2) is 11.6 Å². The average molecular weight is 943 g/mol. The summed E-state index contributed by atoms with van der Waals surface area (Å²) >= 11 is 0. The van der Waals surface area contributed by atoms with Crippen molar-refractivity contribution in [3.05, 3.63) is 264 Å². The molecule has 0 unspecified atom stereocenters. The number of rotatable bonds is 10. The molecule has 0 saturated heterocycles. The molecule has 12 aromatic carbocycles. The number of para-hydroxylation sites is 2. The van der Waals surface area contributed by atoms with Crippen LogP contribution in [0.4, 0.5) is 42.9 Å². The lowest BCUT2D eigenvalue weighted by Crippen LogP contribution is -2.14. The first-order chi connectivity index (χ1) is 39.3. The van der Waals surface area contributed by atoms with Crippen LogP contribution in [0.2, 0.25) is 0 Å². The van der Waals surface area contributed by atoms with Crippen molar-refractivity contribution in [2.75, 3.05) is 9.80 Å². The van der Waals surface area contributed by atoms with E-state index in [0.29, 0.717) is 54.6 Å². The number of hydrogen-bond donors (Lipinski definition) is 0. The topological polar surface area (TPSA) is 6.48 Å². The van der Waals surface area contributed by atoms with Crippen molar-refractivity contribution < 1.29 is 22.5 Å². The third kappa shape index (κ3) is 7.73. The van der Waals surface area contributed by atoms with Gasteiger partial charge in [0.1, 0.15) is 0 Å². The smallest absolute Gasteiger partial charge is 0.155 e. The highest BCUT2D eigenvalue weighted by molar-refractivity contribution is 6.28. The highest BCUT2D eigenvalue weighted by Crippen LogP contribution is 2.51. The fourth-order valence-electron chi connectivity index (χ4n) is 10.4. The molecule has 4 heteroatoms.